The van der Waals surface area contributed by atoms with Crippen LogP contribution in [0.3, 0.4) is 0 Å². The summed E-state index contributed by atoms with van der Waals surface area (Å²) in [6.07, 6.45) is 1.61. The van der Waals surface area contributed by atoms with Gasteiger partial charge in [-0.3, -0.25) is 0 Å². The van der Waals surface area contributed by atoms with Gasteiger partial charge in [0.25, 0.3) is 0 Å². The molecule has 0 aliphatic heterocycles. The van der Waals surface area contributed by atoms with Crippen molar-refractivity contribution < 1.29 is 8.42 Å². The smallest absolute Gasteiger partial charge is 0.239 e. The lowest BCUT2D eigenvalue weighted by Gasteiger charge is -2.07. The number of aromatic nitrogens is 2. The Morgan fingerprint density at radius 3 is 2.63 bits per heavy atom. The summed E-state index contributed by atoms with van der Waals surface area (Å²) in [5, 5.41) is 5.63. The van der Waals surface area contributed by atoms with Crippen LogP contribution in [0, 0.1) is 6.92 Å². The van der Waals surface area contributed by atoms with Gasteiger partial charge in [-0.05, 0) is 43.0 Å². The third kappa shape index (κ3) is 3.43. The average molecular weight is 296 g/mol. The van der Waals surface area contributed by atoms with Crippen LogP contribution in [-0.4, -0.2) is 18.4 Å². The van der Waals surface area contributed by atoms with Crippen LogP contribution in [0.25, 0.3) is 0 Å². The molecule has 0 fully saturated rings. The number of benzene rings is 1. The molecule has 8 heteroatoms. The summed E-state index contributed by atoms with van der Waals surface area (Å²) in [5.41, 5.74) is 6.71. The Bertz CT molecular complexity index is 716. The van der Waals surface area contributed by atoms with Gasteiger partial charge in [0.15, 0.2) is 5.16 Å². The maximum Gasteiger partial charge on any atom is 0.239 e. The highest BCUT2D eigenvalue weighted by molar-refractivity contribution is 8.00. The van der Waals surface area contributed by atoms with Crippen LogP contribution < -0.4 is 10.9 Å². The molecular weight excluding hydrogens is 284 g/mol. The lowest BCUT2D eigenvalue weighted by molar-refractivity contribution is 0.596. The van der Waals surface area contributed by atoms with Crippen molar-refractivity contribution in [1.29, 1.82) is 0 Å². The van der Waals surface area contributed by atoms with Crippen molar-refractivity contribution in [3.05, 3.63) is 36.2 Å². The molecule has 1 aromatic heterocycles. The number of hydrogen-bond acceptors (Lipinski definition) is 6. The minimum Gasteiger partial charge on any atom is -0.399 e. The second kappa shape index (κ2) is 5.16. The van der Waals surface area contributed by atoms with Crippen LogP contribution in [-0.2, 0) is 10.0 Å². The van der Waals surface area contributed by atoms with Gasteiger partial charge in [-0.2, -0.15) is 0 Å². The summed E-state index contributed by atoms with van der Waals surface area (Å²) in [6.45, 7) is 1.83. The fraction of sp³-hybridized carbons (Fsp3) is 0.0909. The zero-order valence-electron chi connectivity index (χ0n) is 10.1. The van der Waals surface area contributed by atoms with Crippen molar-refractivity contribution in [3.8, 4) is 0 Å². The summed E-state index contributed by atoms with van der Waals surface area (Å²) in [4.78, 5) is 8.69. The monoisotopic (exact) mass is 296 g/mol. The van der Waals surface area contributed by atoms with Gasteiger partial charge in [-0.15, -0.1) is 0 Å². The Morgan fingerprint density at radius 2 is 2.00 bits per heavy atom. The van der Waals surface area contributed by atoms with Crippen molar-refractivity contribution >= 4 is 27.5 Å². The zero-order valence-corrected chi connectivity index (χ0v) is 11.7. The number of nitrogens with two attached hydrogens (primary N) is 2. The maximum atomic E-state index is 11.5. The van der Waals surface area contributed by atoms with Crippen LogP contribution in [0.2, 0.25) is 0 Å². The topological polar surface area (TPSA) is 112 Å². The predicted molar refractivity (Wildman–Crippen MR) is 73.1 cm³/mol. The number of sulfonamides is 1. The first-order valence-corrected chi connectivity index (χ1v) is 7.62. The summed E-state index contributed by atoms with van der Waals surface area (Å²) < 4.78 is 23.1. The molecule has 19 heavy (non-hydrogen) atoms. The summed E-state index contributed by atoms with van der Waals surface area (Å²) in [6, 6.07) is 6.28. The summed E-state index contributed by atoms with van der Waals surface area (Å²) in [7, 11) is -3.84. The standard InChI is InChI=1S/C11H12N4O2S2/c1-7-4-5-14-11(15-7)18-9-3-2-8(12)6-10(9)19(13,16)17/h2-6H,12H2,1H3,(H2,13,16,17). The number of nitrogens with zero attached hydrogens (tertiary/aromatic N) is 2. The van der Waals surface area contributed by atoms with Crippen LogP contribution >= 0.6 is 11.8 Å². The van der Waals surface area contributed by atoms with Crippen molar-refractivity contribution in [2.24, 2.45) is 5.14 Å². The van der Waals surface area contributed by atoms with E-state index in [0.717, 1.165) is 17.5 Å². The molecule has 1 aromatic carbocycles. The average Bonchev–Trinajstić information content (AvgIpc) is 2.30. The highest BCUT2D eigenvalue weighted by Gasteiger charge is 2.16. The van der Waals surface area contributed by atoms with E-state index in [0.29, 0.717) is 15.7 Å². The fourth-order valence-electron chi connectivity index (χ4n) is 1.40. The molecular formula is C11H12N4O2S2. The van der Waals surface area contributed by atoms with E-state index in [-0.39, 0.29) is 4.90 Å². The third-order valence-corrected chi connectivity index (χ3v) is 4.28. The highest BCUT2D eigenvalue weighted by atomic mass is 32.2. The number of hydrogen-bond donors (Lipinski definition) is 2. The summed E-state index contributed by atoms with van der Waals surface area (Å²) >= 11 is 1.13. The predicted octanol–water partition coefficient (Wildman–Crippen LogP) is 1.17. The Hall–Kier alpha value is -1.64. The van der Waals surface area contributed by atoms with E-state index >= 15 is 0 Å². The molecule has 4 N–H and O–H groups in total. The number of aryl methyl sites for hydroxylation is 1. The molecule has 0 radical (unpaired) electrons. The second-order valence-electron chi connectivity index (χ2n) is 3.83. The highest BCUT2D eigenvalue weighted by Crippen LogP contribution is 2.31. The van der Waals surface area contributed by atoms with Crippen LogP contribution in [0.15, 0.2) is 45.4 Å². The maximum absolute atomic E-state index is 11.5. The third-order valence-electron chi connectivity index (χ3n) is 2.25. The van der Waals surface area contributed by atoms with Gasteiger partial charge in [0.05, 0.1) is 4.90 Å². The normalized spacial score (nSPS) is 11.5. The molecule has 6 nitrogen and oxygen atoms in total. The summed E-state index contributed by atoms with van der Waals surface area (Å²) in [5.74, 6) is 0. The van der Waals surface area contributed by atoms with E-state index < -0.39 is 10.0 Å². The van der Waals surface area contributed by atoms with E-state index in [1.54, 1.807) is 24.4 Å². The molecule has 0 amide bonds. The molecule has 2 aromatic rings. The molecule has 0 aliphatic rings. The lowest BCUT2D eigenvalue weighted by Crippen LogP contribution is -2.13. The van der Waals surface area contributed by atoms with Crippen LogP contribution in [0.1, 0.15) is 5.69 Å². The zero-order chi connectivity index (χ0) is 14.0. The Balaban J connectivity index is 2.46. The molecule has 0 saturated heterocycles. The molecule has 1 heterocycles. The van der Waals surface area contributed by atoms with Crippen molar-refractivity contribution in [2.75, 3.05) is 5.73 Å². The Morgan fingerprint density at radius 1 is 1.26 bits per heavy atom. The van der Waals surface area contributed by atoms with Crippen molar-refractivity contribution in [3.63, 3.8) is 0 Å². The van der Waals surface area contributed by atoms with Gasteiger partial charge in [0.1, 0.15) is 0 Å². The molecule has 100 valence electrons. The van der Waals surface area contributed by atoms with Crippen molar-refractivity contribution in [2.45, 2.75) is 21.9 Å². The number of rotatable bonds is 3. The molecule has 0 saturated carbocycles. The number of primary sulfonamides is 1. The van der Waals surface area contributed by atoms with Crippen molar-refractivity contribution in [1.82, 2.24) is 9.97 Å². The fourth-order valence-corrected chi connectivity index (χ4v) is 3.32. The minimum absolute atomic E-state index is 0.0254. The number of nitrogen functional groups attached to an aromatic ring is 1. The van der Waals surface area contributed by atoms with Gasteiger partial charge in [-0.1, -0.05) is 0 Å². The SMILES string of the molecule is Cc1ccnc(Sc2ccc(N)cc2S(N)(=O)=O)n1. The first-order chi connectivity index (χ1) is 8.86. The van der Waals surface area contributed by atoms with E-state index in [4.69, 9.17) is 10.9 Å². The molecule has 2 rings (SSSR count). The van der Waals surface area contributed by atoms with E-state index in [2.05, 4.69) is 9.97 Å². The van der Waals surface area contributed by atoms with Gasteiger partial charge in [0.2, 0.25) is 10.0 Å². The molecule has 0 unspecified atom stereocenters. The van der Waals surface area contributed by atoms with Gasteiger partial charge < -0.3 is 5.73 Å². The molecule has 0 aliphatic carbocycles. The first kappa shape index (κ1) is 13.8. The number of anilines is 1. The largest absolute Gasteiger partial charge is 0.399 e. The Kier molecular flexibility index (Phi) is 3.74. The lowest BCUT2D eigenvalue weighted by atomic mass is 10.3. The van der Waals surface area contributed by atoms with Gasteiger partial charge in [-0.25, -0.2) is 23.5 Å². The van der Waals surface area contributed by atoms with E-state index in [1.165, 1.54) is 6.07 Å². The second-order valence-corrected chi connectivity index (χ2v) is 6.37. The molecule has 0 spiro atoms. The van der Waals surface area contributed by atoms with E-state index in [1.807, 2.05) is 6.92 Å². The Labute approximate surface area is 115 Å². The van der Waals surface area contributed by atoms with Gasteiger partial charge >= 0.3 is 0 Å². The molecule has 0 atom stereocenters. The van der Waals surface area contributed by atoms with Gasteiger partial charge in [0, 0.05) is 22.5 Å². The van der Waals surface area contributed by atoms with Crippen LogP contribution in [0.4, 0.5) is 5.69 Å². The van der Waals surface area contributed by atoms with E-state index in [9.17, 15) is 8.42 Å². The minimum atomic E-state index is -3.84. The quantitative estimate of drug-likeness (QED) is 0.649. The van der Waals surface area contributed by atoms with Crippen LogP contribution in [0.5, 0.6) is 0 Å². The first-order valence-electron chi connectivity index (χ1n) is 5.26. The molecule has 0 bridgehead atoms.